The van der Waals surface area contributed by atoms with Crippen molar-refractivity contribution >= 4 is 17.6 Å². The molecule has 0 saturated heterocycles. The highest BCUT2D eigenvalue weighted by Gasteiger charge is 2.15. The number of rotatable bonds is 4. The Balaban J connectivity index is 3.02. The third-order valence-electron chi connectivity index (χ3n) is 1.52. The van der Waals surface area contributed by atoms with Gasteiger partial charge in [-0.3, -0.25) is 0 Å². The van der Waals surface area contributed by atoms with Crippen LogP contribution in [0.2, 0.25) is 5.02 Å². The van der Waals surface area contributed by atoms with E-state index in [1.165, 1.54) is 19.2 Å². The van der Waals surface area contributed by atoms with Crippen molar-refractivity contribution in [3.63, 3.8) is 0 Å². The maximum atomic E-state index is 10.8. The smallest absolute Gasteiger partial charge is 0.341 e. The Morgan fingerprint density at radius 1 is 1.57 bits per heavy atom. The SMILES string of the molecule is COCOc1cccc(Cl)c1C(=O)O. The van der Waals surface area contributed by atoms with E-state index < -0.39 is 5.97 Å². The highest BCUT2D eigenvalue weighted by atomic mass is 35.5. The van der Waals surface area contributed by atoms with Gasteiger partial charge in [-0.1, -0.05) is 17.7 Å². The van der Waals surface area contributed by atoms with Crippen LogP contribution in [0.1, 0.15) is 10.4 Å². The average molecular weight is 217 g/mol. The van der Waals surface area contributed by atoms with E-state index in [1.807, 2.05) is 0 Å². The quantitative estimate of drug-likeness (QED) is 0.783. The van der Waals surface area contributed by atoms with E-state index in [-0.39, 0.29) is 23.1 Å². The summed E-state index contributed by atoms with van der Waals surface area (Å²) < 4.78 is 9.70. The molecular weight excluding hydrogens is 208 g/mol. The van der Waals surface area contributed by atoms with Crippen molar-refractivity contribution in [1.82, 2.24) is 0 Å². The van der Waals surface area contributed by atoms with Gasteiger partial charge in [0, 0.05) is 7.11 Å². The van der Waals surface area contributed by atoms with Gasteiger partial charge in [0.1, 0.15) is 11.3 Å². The maximum absolute atomic E-state index is 10.8. The number of hydrogen-bond donors (Lipinski definition) is 1. The van der Waals surface area contributed by atoms with Crippen molar-refractivity contribution in [3.8, 4) is 5.75 Å². The van der Waals surface area contributed by atoms with Gasteiger partial charge in [-0.25, -0.2) is 4.79 Å². The van der Waals surface area contributed by atoms with Crippen LogP contribution in [0.3, 0.4) is 0 Å². The van der Waals surface area contributed by atoms with Gasteiger partial charge in [-0.15, -0.1) is 0 Å². The van der Waals surface area contributed by atoms with Crippen molar-refractivity contribution in [1.29, 1.82) is 0 Å². The molecule has 4 nitrogen and oxygen atoms in total. The van der Waals surface area contributed by atoms with Crippen LogP contribution >= 0.6 is 11.6 Å². The molecule has 0 radical (unpaired) electrons. The number of benzene rings is 1. The van der Waals surface area contributed by atoms with Crippen molar-refractivity contribution in [2.24, 2.45) is 0 Å². The average Bonchev–Trinajstić information content (AvgIpc) is 2.14. The molecule has 1 N–H and O–H groups in total. The molecule has 1 aromatic carbocycles. The summed E-state index contributed by atoms with van der Waals surface area (Å²) in [5.41, 5.74) is -0.0498. The fraction of sp³-hybridized carbons (Fsp3) is 0.222. The van der Waals surface area contributed by atoms with Gasteiger partial charge < -0.3 is 14.6 Å². The fourth-order valence-electron chi connectivity index (χ4n) is 0.955. The number of aromatic carboxylic acids is 1. The highest BCUT2D eigenvalue weighted by molar-refractivity contribution is 6.33. The van der Waals surface area contributed by atoms with E-state index in [9.17, 15) is 4.79 Å². The summed E-state index contributed by atoms with van der Waals surface area (Å²) >= 11 is 5.70. The first-order valence-corrected chi connectivity index (χ1v) is 4.18. The second kappa shape index (κ2) is 4.83. The van der Waals surface area contributed by atoms with Crippen LogP contribution in [0.4, 0.5) is 0 Å². The van der Waals surface area contributed by atoms with Crippen LogP contribution in [0.5, 0.6) is 5.75 Å². The molecule has 0 unspecified atom stereocenters. The molecule has 1 rings (SSSR count). The highest BCUT2D eigenvalue weighted by Crippen LogP contribution is 2.26. The largest absolute Gasteiger partial charge is 0.478 e. The zero-order valence-corrected chi connectivity index (χ0v) is 8.25. The molecule has 0 saturated carbocycles. The Labute approximate surface area is 86.0 Å². The number of carboxylic acids is 1. The summed E-state index contributed by atoms with van der Waals surface area (Å²) in [5.74, 6) is -0.923. The van der Waals surface area contributed by atoms with Crippen LogP contribution in [-0.4, -0.2) is 25.0 Å². The number of carbonyl (C=O) groups is 1. The number of carboxylic acid groups (broad SMARTS) is 1. The molecule has 14 heavy (non-hydrogen) atoms. The summed E-state index contributed by atoms with van der Waals surface area (Å²) in [4.78, 5) is 10.8. The van der Waals surface area contributed by atoms with Gasteiger partial charge in [0.2, 0.25) is 0 Å². The molecule has 5 heteroatoms. The van der Waals surface area contributed by atoms with Gasteiger partial charge >= 0.3 is 5.97 Å². The number of halogens is 1. The second-order valence-electron chi connectivity index (χ2n) is 2.47. The molecular formula is C9H9ClO4. The monoisotopic (exact) mass is 216 g/mol. The Kier molecular flexibility index (Phi) is 3.73. The number of hydrogen-bond acceptors (Lipinski definition) is 3. The molecule has 0 aliphatic carbocycles. The molecule has 0 fully saturated rings. The van der Waals surface area contributed by atoms with E-state index in [2.05, 4.69) is 4.74 Å². The molecule has 0 aliphatic heterocycles. The van der Waals surface area contributed by atoms with E-state index in [1.54, 1.807) is 6.07 Å². The Morgan fingerprint density at radius 2 is 2.29 bits per heavy atom. The minimum absolute atomic E-state index is 0.0133. The van der Waals surface area contributed by atoms with Crippen LogP contribution < -0.4 is 4.74 Å². The molecule has 0 heterocycles. The standard InChI is InChI=1S/C9H9ClO4/c1-13-5-14-7-4-2-3-6(10)8(7)9(11)12/h2-4H,5H2,1H3,(H,11,12). The van der Waals surface area contributed by atoms with Crippen molar-refractivity contribution in [2.75, 3.05) is 13.9 Å². The minimum Gasteiger partial charge on any atom is -0.478 e. The molecule has 0 atom stereocenters. The third kappa shape index (κ3) is 2.37. The van der Waals surface area contributed by atoms with Crippen molar-refractivity contribution in [3.05, 3.63) is 28.8 Å². The predicted molar refractivity (Wildman–Crippen MR) is 50.9 cm³/mol. The lowest BCUT2D eigenvalue weighted by atomic mass is 10.2. The van der Waals surface area contributed by atoms with Crippen molar-refractivity contribution < 1.29 is 19.4 Å². The Bertz CT molecular complexity index is 338. The summed E-state index contributed by atoms with van der Waals surface area (Å²) in [6.45, 7) is -0.0133. The van der Waals surface area contributed by atoms with Gasteiger partial charge in [0.15, 0.2) is 6.79 Å². The minimum atomic E-state index is -1.12. The zero-order valence-electron chi connectivity index (χ0n) is 7.49. The normalized spacial score (nSPS) is 9.86. The van der Waals surface area contributed by atoms with Gasteiger partial charge in [0.25, 0.3) is 0 Å². The van der Waals surface area contributed by atoms with Crippen molar-refractivity contribution in [2.45, 2.75) is 0 Å². The van der Waals surface area contributed by atoms with Crippen LogP contribution in [0.15, 0.2) is 18.2 Å². The predicted octanol–water partition coefficient (Wildman–Crippen LogP) is 2.02. The lowest BCUT2D eigenvalue weighted by Gasteiger charge is -2.08. The lowest BCUT2D eigenvalue weighted by molar-refractivity contribution is 0.0484. The summed E-state index contributed by atoms with van der Waals surface area (Å²) in [5, 5.41) is 8.99. The maximum Gasteiger partial charge on any atom is 0.341 e. The van der Waals surface area contributed by atoms with Gasteiger partial charge in [0.05, 0.1) is 5.02 Å². The molecule has 1 aromatic rings. The summed E-state index contributed by atoms with van der Waals surface area (Å²) in [7, 11) is 1.45. The number of methoxy groups -OCH3 is 1. The topological polar surface area (TPSA) is 55.8 Å². The lowest BCUT2D eigenvalue weighted by Crippen LogP contribution is -2.05. The molecule has 0 bridgehead atoms. The van der Waals surface area contributed by atoms with E-state index in [0.717, 1.165) is 0 Å². The van der Waals surface area contributed by atoms with E-state index in [4.69, 9.17) is 21.4 Å². The van der Waals surface area contributed by atoms with Crippen LogP contribution in [-0.2, 0) is 4.74 Å². The summed E-state index contributed by atoms with van der Waals surface area (Å²) in [6, 6.07) is 4.62. The molecule has 0 amide bonds. The van der Waals surface area contributed by atoms with Gasteiger partial charge in [-0.2, -0.15) is 0 Å². The number of ether oxygens (including phenoxy) is 2. The molecule has 0 spiro atoms. The fourth-order valence-corrected chi connectivity index (χ4v) is 1.20. The first-order valence-electron chi connectivity index (χ1n) is 3.80. The van der Waals surface area contributed by atoms with Crippen LogP contribution in [0, 0.1) is 0 Å². The molecule has 76 valence electrons. The van der Waals surface area contributed by atoms with E-state index >= 15 is 0 Å². The summed E-state index contributed by atoms with van der Waals surface area (Å²) in [6.07, 6.45) is 0. The second-order valence-corrected chi connectivity index (χ2v) is 2.88. The first-order chi connectivity index (χ1) is 6.66. The molecule has 0 aromatic heterocycles. The zero-order chi connectivity index (χ0) is 10.6. The van der Waals surface area contributed by atoms with Crippen LogP contribution in [0.25, 0.3) is 0 Å². The molecule has 0 aliphatic rings. The Hall–Kier alpha value is -1.26. The third-order valence-corrected chi connectivity index (χ3v) is 1.84. The first kappa shape index (κ1) is 10.8. The Morgan fingerprint density at radius 3 is 2.86 bits per heavy atom. The van der Waals surface area contributed by atoms with E-state index in [0.29, 0.717) is 0 Å². The van der Waals surface area contributed by atoms with Gasteiger partial charge in [-0.05, 0) is 12.1 Å².